The van der Waals surface area contributed by atoms with Crippen LogP contribution in [0.4, 0.5) is 9.59 Å². The van der Waals surface area contributed by atoms with Crippen molar-refractivity contribution in [2.24, 2.45) is 39.7 Å². The number of alkyl carbamates (subject to hydrolysis) is 1. The Hall–Kier alpha value is -3.38. The monoisotopic (exact) mass is 662 g/mol. The highest BCUT2D eigenvalue weighted by Gasteiger charge is 2.70. The number of amides is 6. The molecule has 0 aromatic carbocycles. The number of carbonyl (C=O) groups is 6. The summed E-state index contributed by atoms with van der Waals surface area (Å²) in [7, 11) is 0. The summed E-state index contributed by atoms with van der Waals surface area (Å²) in [5.41, 5.74) is 3.40. The van der Waals surface area contributed by atoms with Crippen molar-refractivity contribution in [1.82, 2.24) is 26.2 Å². The van der Waals surface area contributed by atoms with Gasteiger partial charge in [0.25, 0.3) is 5.91 Å². The quantitative estimate of drug-likeness (QED) is 0.210. The van der Waals surface area contributed by atoms with Gasteiger partial charge in [0.2, 0.25) is 17.6 Å². The molecule has 1 saturated heterocycles. The van der Waals surface area contributed by atoms with Crippen LogP contribution in [0.2, 0.25) is 0 Å². The molecule has 6 amide bonds. The van der Waals surface area contributed by atoms with Gasteiger partial charge >= 0.3 is 12.1 Å². The number of hydrogen-bond donors (Lipinski definition) is 5. The van der Waals surface area contributed by atoms with Crippen molar-refractivity contribution in [2.75, 3.05) is 13.2 Å². The topological polar surface area (TPSA) is 189 Å². The minimum absolute atomic E-state index is 0.0650. The van der Waals surface area contributed by atoms with Gasteiger partial charge in [0.05, 0.1) is 12.1 Å². The molecule has 0 bridgehead atoms. The zero-order chi connectivity index (χ0) is 35.9. The van der Waals surface area contributed by atoms with Gasteiger partial charge in [-0.25, -0.2) is 9.59 Å². The normalized spacial score (nSPS) is 24.1. The van der Waals surface area contributed by atoms with E-state index in [1.54, 1.807) is 0 Å². The molecule has 2 saturated carbocycles. The van der Waals surface area contributed by atoms with Gasteiger partial charge in [0.15, 0.2) is 0 Å². The fraction of sp³-hybridized carbons (Fsp3) is 0.824. The van der Waals surface area contributed by atoms with Crippen LogP contribution in [-0.4, -0.2) is 83.4 Å². The van der Waals surface area contributed by atoms with E-state index in [1.165, 1.54) is 4.90 Å². The lowest BCUT2D eigenvalue weighted by Crippen LogP contribution is -2.62. The third kappa shape index (κ3) is 9.37. The fourth-order valence-electron chi connectivity index (χ4n) is 6.69. The number of ether oxygens (including phenoxy) is 1. The van der Waals surface area contributed by atoms with Gasteiger partial charge in [-0.2, -0.15) is 0 Å². The average Bonchev–Trinajstić information content (AvgIpc) is 3.20. The van der Waals surface area contributed by atoms with Crippen molar-refractivity contribution in [2.45, 2.75) is 132 Å². The molecule has 13 nitrogen and oxygen atoms in total. The minimum atomic E-state index is -1.10. The molecular formula is C34H58N6O7. The number of ketones is 1. The van der Waals surface area contributed by atoms with Crippen molar-refractivity contribution in [3.8, 4) is 0 Å². The average molecular weight is 663 g/mol. The highest BCUT2D eigenvalue weighted by Crippen LogP contribution is 2.65. The molecule has 2 aliphatic carbocycles. The standard InChI is InChI=1S/C34H58N6O7/c1-31(2,3)21(17-47-30(46)39-33(7,8)9)37-29(45)38-25(32(4,5)6)28(44)40-16-19-22(34(19,10)11)23(40)27(43)36-20(24(41)26(35)42)15-18-13-12-14-18/h18-23,25H,12-17H2,1-11H3,(H2,35,42)(H,36,43)(H,39,46)(H2,37,38,45)/t19-,20?,21?,22-,23-,25+/m0/s1. The van der Waals surface area contributed by atoms with Gasteiger partial charge in [0.1, 0.15) is 18.7 Å². The minimum Gasteiger partial charge on any atom is -0.447 e. The maximum Gasteiger partial charge on any atom is 0.407 e. The predicted octanol–water partition coefficient (Wildman–Crippen LogP) is 2.85. The highest BCUT2D eigenvalue weighted by molar-refractivity contribution is 6.37. The molecule has 1 heterocycles. The van der Waals surface area contributed by atoms with Gasteiger partial charge in [-0.1, -0.05) is 74.7 Å². The number of primary amides is 1. The molecule has 266 valence electrons. The van der Waals surface area contributed by atoms with Gasteiger partial charge in [-0.05, 0) is 61.2 Å². The number of likely N-dealkylation sites (tertiary alicyclic amines) is 1. The van der Waals surface area contributed by atoms with Crippen LogP contribution < -0.4 is 27.0 Å². The van der Waals surface area contributed by atoms with Gasteiger partial charge in [-0.15, -0.1) is 0 Å². The first-order valence-electron chi connectivity index (χ1n) is 16.8. The van der Waals surface area contributed by atoms with Crippen LogP contribution in [-0.2, 0) is 23.9 Å². The van der Waals surface area contributed by atoms with E-state index >= 15 is 0 Å². The molecule has 2 unspecified atom stereocenters. The summed E-state index contributed by atoms with van der Waals surface area (Å²) >= 11 is 0. The second-order valence-corrected chi connectivity index (χ2v) is 17.5. The van der Waals surface area contributed by atoms with E-state index in [1.807, 2.05) is 76.2 Å². The van der Waals surface area contributed by atoms with E-state index in [4.69, 9.17) is 10.5 Å². The first-order valence-corrected chi connectivity index (χ1v) is 16.8. The Morgan fingerprint density at radius 2 is 1.49 bits per heavy atom. The van der Waals surface area contributed by atoms with Gasteiger partial charge in [0, 0.05) is 12.1 Å². The molecule has 3 fully saturated rings. The largest absolute Gasteiger partial charge is 0.447 e. The van der Waals surface area contributed by atoms with Crippen molar-refractivity contribution < 1.29 is 33.5 Å². The predicted molar refractivity (Wildman–Crippen MR) is 177 cm³/mol. The molecule has 0 aromatic rings. The zero-order valence-electron chi connectivity index (χ0n) is 30.2. The fourth-order valence-corrected chi connectivity index (χ4v) is 6.69. The molecule has 47 heavy (non-hydrogen) atoms. The summed E-state index contributed by atoms with van der Waals surface area (Å²) in [6, 6.07) is -4.14. The lowest BCUT2D eigenvalue weighted by molar-refractivity contribution is -0.145. The van der Waals surface area contributed by atoms with Crippen LogP contribution in [0.1, 0.15) is 102 Å². The second kappa shape index (κ2) is 13.6. The summed E-state index contributed by atoms with van der Waals surface area (Å²) < 4.78 is 5.42. The molecule has 6 atom stereocenters. The lowest BCUT2D eigenvalue weighted by Gasteiger charge is -2.39. The van der Waals surface area contributed by atoms with Crippen LogP contribution in [0.25, 0.3) is 0 Å². The second-order valence-electron chi connectivity index (χ2n) is 17.5. The molecule has 0 aromatic heterocycles. The number of nitrogens with zero attached hydrogens (tertiary/aromatic N) is 1. The maximum absolute atomic E-state index is 14.3. The number of nitrogens with one attached hydrogen (secondary N) is 4. The Morgan fingerprint density at radius 1 is 0.894 bits per heavy atom. The summed E-state index contributed by atoms with van der Waals surface area (Å²) in [6.07, 6.45) is 2.58. The Kier molecular flexibility index (Phi) is 11.0. The highest BCUT2D eigenvalue weighted by atomic mass is 16.5. The van der Waals surface area contributed by atoms with Gasteiger partial charge in [-0.3, -0.25) is 19.2 Å². The number of urea groups is 1. The number of fused-ring (bicyclic) bond motifs is 1. The maximum atomic E-state index is 14.3. The number of carbonyl (C=O) groups excluding carboxylic acids is 6. The summed E-state index contributed by atoms with van der Waals surface area (Å²) in [6.45, 7) is 21.0. The summed E-state index contributed by atoms with van der Waals surface area (Å²) in [4.78, 5) is 80.0. The molecule has 0 radical (unpaired) electrons. The Bertz CT molecular complexity index is 1240. The van der Waals surface area contributed by atoms with E-state index in [2.05, 4.69) is 21.3 Å². The summed E-state index contributed by atoms with van der Waals surface area (Å²) in [5, 5.41) is 11.2. The molecule has 13 heteroatoms. The van der Waals surface area contributed by atoms with Crippen molar-refractivity contribution in [3.63, 3.8) is 0 Å². The van der Waals surface area contributed by atoms with E-state index in [-0.39, 0.29) is 29.8 Å². The van der Waals surface area contributed by atoms with Crippen molar-refractivity contribution in [3.05, 3.63) is 0 Å². The van der Waals surface area contributed by atoms with E-state index < -0.39 is 76.2 Å². The van der Waals surface area contributed by atoms with Crippen LogP contribution in [0.15, 0.2) is 0 Å². The molecule has 6 N–H and O–H groups in total. The molecule has 3 rings (SSSR count). The lowest BCUT2D eigenvalue weighted by atomic mass is 9.80. The Balaban J connectivity index is 1.78. The molecule has 3 aliphatic rings. The van der Waals surface area contributed by atoms with Crippen LogP contribution in [0, 0.1) is 34.0 Å². The van der Waals surface area contributed by atoms with Crippen molar-refractivity contribution >= 4 is 35.6 Å². The zero-order valence-corrected chi connectivity index (χ0v) is 30.2. The van der Waals surface area contributed by atoms with Crippen LogP contribution >= 0.6 is 0 Å². The Labute approximate surface area is 279 Å². The number of hydrogen-bond acceptors (Lipinski definition) is 7. The Morgan fingerprint density at radius 3 is 1.96 bits per heavy atom. The van der Waals surface area contributed by atoms with E-state index in [0.29, 0.717) is 13.0 Å². The number of Topliss-reactive ketones (excluding diaryl/α,β-unsaturated/α-hetero) is 1. The summed E-state index contributed by atoms with van der Waals surface area (Å²) in [5.74, 6) is -2.71. The number of rotatable bonds is 11. The first-order chi connectivity index (χ1) is 21.3. The van der Waals surface area contributed by atoms with Gasteiger partial charge < -0.3 is 36.6 Å². The SMILES string of the molecule is CC(C)(C)NC(=O)OCC(NC(=O)N[C@H](C(=O)N1C[C@H]2[C@@H]([C@H]1C(=O)NC(CC1CCC1)C(=O)C(N)=O)C2(C)C)C(C)(C)C)C(C)(C)C. The smallest absolute Gasteiger partial charge is 0.407 e. The first kappa shape index (κ1) is 38.1. The molecule has 1 aliphatic heterocycles. The van der Waals surface area contributed by atoms with E-state index in [0.717, 1.165) is 19.3 Å². The third-order valence-corrected chi connectivity index (χ3v) is 10.0. The van der Waals surface area contributed by atoms with Crippen LogP contribution in [0.3, 0.4) is 0 Å². The number of piperidine rings is 1. The number of nitrogens with two attached hydrogens (primary N) is 1. The third-order valence-electron chi connectivity index (χ3n) is 10.0. The molecule has 0 spiro atoms. The molecular weight excluding hydrogens is 604 g/mol. The van der Waals surface area contributed by atoms with Crippen LogP contribution in [0.5, 0.6) is 0 Å². The van der Waals surface area contributed by atoms with Crippen molar-refractivity contribution in [1.29, 1.82) is 0 Å². The van der Waals surface area contributed by atoms with E-state index in [9.17, 15) is 28.8 Å².